The molecule has 0 aliphatic carbocycles. The predicted molar refractivity (Wildman–Crippen MR) is 76.2 cm³/mol. The van der Waals surface area contributed by atoms with Gasteiger partial charge in [-0.3, -0.25) is 4.79 Å². The van der Waals surface area contributed by atoms with E-state index in [-0.39, 0.29) is 11.4 Å². The Morgan fingerprint density at radius 2 is 1.83 bits per heavy atom. The number of hydrogen-bond donors (Lipinski definition) is 0. The molecular weight excluding hydrogens is 222 g/mol. The second kappa shape index (κ2) is 4.11. The van der Waals surface area contributed by atoms with Gasteiger partial charge in [-0.25, -0.2) is 0 Å². The molecule has 1 aliphatic rings. The van der Waals surface area contributed by atoms with Crippen LogP contribution < -0.4 is 4.90 Å². The molecule has 2 rings (SSSR count). The van der Waals surface area contributed by atoms with Crippen LogP contribution in [0, 0.1) is 13.8 Å². The van der Waals surface area contributed by atoms with Crippen molar-refractivity contribution < 1.29 is 4.79 Å². The van der Waals surface area contributed by atoms with Gasteiger partial charge in [-0.1, -0.05) is 13.0 Å². The molecule has 1 atom stereocenters. The monoisotopic (exact) mass is 245 g/mol. The molecular formula is C16H23NO. The lowest BCUT2D eigenvalue weighted by molar-refractivity contribution is -0.117. The molecule has 98 valence electrons. The Balaban J connectivity index is 2.67. The molecule has 1 aromatic rings. The summed E-state index contributed by atoms with van der Waals surface area (Å²) in [7, 11) is 0. The van der Waals surface area contributed by atoms with Crippen LogP contribution in [0.1, 0.15) is 56.7 Å². The number of nitrogens with zero attached hydrogens (tertiary/aromatic N) is 1. The number of fused-ring (bicyclic) bond motifs is 1. The topological polar surface area (TPSA) is 20.3 Å². The van der Waals surface area contributed by atoms with Crippen molar-refractivity contribution in [3.8, 4) is 0 Å². The number of rotatable bonds is 0. The maximum Gasteiger partial charge on any atom is 0.224 e. The zero-order chi connectivity index (χ0) is 13.7. The lowest BCUT2D eigenvalue weighted by atomic mass is 9.79. The highest BCUT2D eigenvalue weighted by Gasteiger charge is 2.38. The van der Waals surface area contributed by atoms with E-state index in [0.29, 0.717) is 5.92 Å². The van der Waals surface area contributed by atoms with Crippen LogP contribution in [0.4, 0.5) is 5.69 Å². The first-order valence-corrected chi connectivity index (χ1v) is 6.66. The van der Waals surface area contributed by atoms with Crippen molar-refractivity contribution in [1.29, 1.82) is 0 Å². The third-order valence-electron chi connectivity index (χ3n) is 4.14. The number of hydrogen-bond acceptors (Lipinski definition) is 1. The number of aryl methyl sites for hydroxylation is 2. The normalized spacial score (nSPS) is 21.7. The van der Waals surface area contributed by atoms with E-state index < -0.39 is 0 Å². The van der Waals surface area contributed by atoms with Gasteiger partial charge in [0.25, 0.3) is 0 Å². The third kappa shape index (κ3) is 1.94. The van der Waals surface area contributed by atoms with Crippen LogP contribution in [0.5, 0.6) is 0 Å². The first kappa shape index (κ1) is 13.1. The fourth-order valence-electron chi connectivity index (χ4n) is 3.28. The Morgan fingerprint density at radius 3 is 2.39 bits per heavy atom. The summed E-state index contributed by atoms with van der Waals surface area (Å²) in [6.07, 6.45) is 1.02. The summed E-state index contributed by atoms with van der Waals surface area (Å²) < 4.78 is 0. The van der Waals surface area contributed by atoms with Crippen molar-refractivity contribution in [1.82, 2.24) is 0 Å². The van der Waals surface area contributed by atoms with E-state index in [2.05, 4.69) is 46.8 Å². The highest BCUT2D eigenvalue weighted by molar-refractivity contribution is 5.94. The molecule has 1 aromatic carbocycles. The Hall–Kier alpha value is -1.31. The fourth-order valence-corrected chi connectivity index (χ4v) is 3.28. The van der Waals surface area contributed by atoms with Gasteiger partial charge in [0.15, 0.2) is 0 Å². The molecule has 1 unspecified atom stereocenters. The zero-order valence-corrected chi connectivity index (χ0v) is 12.3. The van der Waals surface area contributed by atoms with Crippen molar-refractivity contribution >= 4 is 11.6 Å². The van der Waals surface area contributed by atoms with E-state index in [4.69, 9.17) is 0 Å². The molecule has 0 aromatic heterocycles. The van der Waals surface area contributed by atoms with Crippen molar-refractivity contribution in [3.05, 3.63) is 28.8 Å². The van der Waals surface area contributed by atoms with Gasteiger partial charge in [0.2, 0.25) is 5.91 Å². The summed E-state index contributed by atoms with van der Waals surface area (Å²) in [5.41, 5.74) is 4.88. The van der Waals surface area contributed by atoms with Crippen LogP contribution >= 0.6 is 0 Å². The Labute approximate surface area is 110 Å². The molecule has 0 fully saturated rings. The first-order chi connectivity index (χ1) is 8.24. The lowest BCUT2D eigenvalue weighted by Crippen LogP contribution is -2.50. The van der Waals surface area contributed by atoms with Crippen molar-refractivity contribution in [2.45, 2.75) is 59.4 Å². The zero-order valence-electron chi connectivity index (χ0n) is 12.3. The molecule has 0 saturated heterocycles. The molecule has 2 heteroatoms. The van der Waals surface area contributed by atoms with Crippen LogP contribution in [0.25, 0.3) is 0 Å². The van der Waals surface area contributed by atoms with Crippen LogP contribution in [0.2, 0.25) is 0 Å². The largest absolute Gasteiger partial charge is 0.307 e. The van der Waals surface area contributed by atoms with Crippen molar-refractivity contribution in [3.63, 3.8) is 0 Å². The summed E-state index contributed by atoms with van der Waals surface area (Å²) >= 11 is 0. The maximum atomic E-state index is 12.0. The van der Waals surface area contributed by atoms with Gasteiger partial charge in [0.1, 0.15) is 0 Å². The molecule has 1 heterocycles. The smallest absolute Gasteiger partial charge is 0.224 e. The third-order valence-corrected chi connectivity index (χ3v) is 4.14. The second-order valence-corrected chi connectivity index (χ2v) is 6.27. The second-order valence-electron chi connectivity index (χ2n) is 6.27. The van der Waals surface area contributed by atoms with Gasteiger partial charge in [-0.2, -0.15) is 0 Å². The number of benzene rings is 1. The van der Waals surface area contributed by atoms with Crippen molar-refractivity contribution in [2.24, 2.45) is 0 Å². The van der Waals surface area contributed by atoms with Crippen LogP contribution in [-0.2, 0) is 4.79 Å². The van der Waals surface area contributed by atoms with Gasteiger partial charge in [0, 0.05) is 18.2 Å². The molecule has 18 heavy (non-hydrogen) atoms. The fraction of sp³-hybridized carbons (Fsp3) is 0.562. The predicted octanol–water partition coefficient (Wildman–Crippen LogP) is 3.94. The minimum absolute atomic E-state index is 0.0973. The molecule has 0 radical (unpaired) electrons. The van der Waals surface area contributed by atoms with Gasteiger partial charge in [-0.15, -0.1) is 0 Å². The Bertz CT molecular complexity index is 502. The molecule has 0 saturated carbocycles. The van der Waals surface area contributed by atoms with Crippen LogP contribution in [0.3, 0.4) is 0 Å². The van der Waals surface area contributed by atoms with E-state index in [1.54, 1.807) is 6.92 Å². The highest BCUT2D eigenvalue weighted by atomic mass is 16.2. The average molecular weight is 245 g/mol. The van der Waals surface area contributed by atoms with E-state index in [1.165, 1.54) is 16.7 Å². The first-order valence-electron chi connectivity index (χ1n) is 6.66. The number of carbonyl (C=O) groups excluding carboxylic acids is 1. The van der Waals surface area contributed by atoms with Gasteiger partial charge < -0.3 is 4.90 Å². The van der Waals surface area contributed by atoms with E-state index in [9.17, 15) is 4.79 Å². The molecule has 0 spiro atoms. The minimum Gasteiger partial charge on any atom is -0.307 e. The lowest BCUT2D eigenvalue weighted by Gasteiger charge is -2.46. The number of anilines is 1. The Morgan fingerprint density at radius 1 is 1.28 bits per heavy atom. The number of carbonyl (C=O) groups is 1. The summed E-state index contributed by atoms with van der Waals surface area (Å²) in [6, 6.07) is 4.42. The quantitative estimate of drug-likeness (QED) is 0.678. The van der Waals surface area contributed by atoms with E-state index in [1.807, 2.05) is 4.90 Å². The molecule has 0 N–H and O–H groups in total. The summed E-state index contributed by atoms with van der Waals surface area (Å²) in [4.78, 5) is 14.0. The average Bonchev–Trinajstić information content (AvgIpc) is 2.19. The molecule has 1 amide bonds. The van der Waals surface area contributed by atoms with E-state index >= 15 is 0 Å². The van der Waals surface area contributed by atoms with Crippen LogP contribution in [-0.4, -0.2) is 11.4 Å². The minimum atomic E-state index is -0.0973. The Kier molecular flexibility index (Phi) is 3.00. The van der Waals surface area contributed by atoms with Gasteiger partial charge in [0.05, 0.1) is 0 Å². The summed E-state index contributed by atoms with van der Waals surface area (Å²) in [5.74, 6) is 0.640. The molecule has 1 aliphatic heterocycles. The maximum absolute atomic E-state index is 12.0. The summed E-state index contributed by atoms with van der Waals surface area (Å²) in [5, 5.41) is 0. The van der Waals surface area contributed by atoms with Crippen molar-refractivity contribution in [2.75, 3.05) is 4.90 Å². The molecule has 2 nitrogen and oxygen atoms in total. The number of amides is 1. The highest BCUT2D eigenvalue weighted by Crippen LogP contribution is 2.44. The van der Waals surface area contributed by atoms with E-state index in [0.717, 1.165) is 12.1 Å². The van der Waals surface area contributed by atoms with Gasteiger partial charge >= 0.3 is 0 Å². The van der Waals surface area contributed by atoms with Gasteiger partial charge in [-0.05, 0) is 62.8 Å². The summed E-state index contributed by atoms with van der Waals surface area (Å²) in [6.45, 7) is 12.5. The molecule has 0 bridgehead atoms. The standard InChI is InChI=1S/C16H23NO/c1-10-7-14-12(3)9-16(5,6)17(13(4)18)15(14)8-11(10)2/h7-8,12H,9H2,1-6H3. The van der Waals surface area contributed by atoms with Crippen LogP contribution in [0.15, 0.2) is 12.1 Å². The SMILES string of the molecule is CC(=O)N1c2cc(C)c(C)cc2C(C)CC1(C)C.